The smallest absolute Gasteiger partial charge is 0.354 e. The van der Waals surface area contributed by atoms with Gasteiger partial charge in [0.25, 0.3) is 5.91 Å². The number of anilines is 2. The molecule has 0 unspecified atom stereocenters. The summed E-state index contributed by atoms with van der Waals surface area (Å²) in [5, 5.41) is 4.68. The highest BCUT2D eigenvalue weighted by Gasteiger charge is 2.14. The Balaban J connectivity index is 1.72. The summed E-state index contributed by atoms with van der Waals surface area (Å²) in [6.07, 6.45) is 1.39. The maximum absolute atomic E-state index is 11.7. The third-order valence-electron chi connectivity index (χ3n) is 3.98. The van der Waals surface area contributed by atoms with Crippen molar-refractivity contribution in [3.05, 3.63) is 48.0 Å². The second-order valence-electron chi connectivity index (χ2n) is 5.63. The van der Waals surface area contributed by atoms with E-state index in [9.17, 15) is 9.59 Å². The summed E-state index contributed by atoms with van der Waals surface area (Å²) in [7, 11) is 1.31. The molecule has 3 aromatic heterocycles. The molecule has 1 amide bonds. The molecule has 3 heterocycles. The predicted octanol–water partition coefficient (Wildman–Crippen LogP) is 2.07. The molecule has 5 N–H and O–H groups in total. The number of nitrogens with one attached hydrogen (secondary N) is 3. The first-order chi connectivity index (χ1) is 12.5. The van der Waals surface area contributed by atoms with Gasteiger partial charge in [0.15, 0.2) is 0 Å². The molecular formula is C17H14N6O3. The van der Waals surface area contributed by atoms with E-state index in [2.05, 4.69) is 25.3 Å². The largest absolute Gasteiger partial charge is 0.464 e. The van der Waals surface area contributed by atoms with Crippen LogP contribution in [0.1, 0.15) is 21.0 Å². The van der Waals surface area contributed by atoms with Gasteiger partial charge in [-0.1, -0.05) is 0 Å². The zero-order valence-electron chi connectivity index (χ0n) is 13.7. The first-order valence-electron chi connectivity index (χ1n) is 7.67. The van der Waals surface area contributed by atoms with Crippen molar-refractivity contribution < 1.29 is 14.3 Å². The van der Waals surface area contributed by atoms with Gasteiger partial charge in [-0.15, -0.1) is 0 Å². The number of aromatic amines is 2. The molecule has 4 rings (SSSR count). The van der Waals surface area contributed by atoms with Crippen LogP contribution in [0.4, 0.5) is 11.5 Å². The molecule has 0 aliphatic rings. The van der Waals surface area contributed by atoms with Crippen LogP contribution in [-0.2, 0) is 4.74 Å². The monoisotopic (exact) mass is 350 g/mol. The van der Waals surface area contributed by atoms with Crippen molar-refractivity contribution in [2.45, 2.75) is 0 Å². The van der Waals surface area contributed by atoms with E-state index in [1.165, 1.54) is 13.4 Å². The molecule has 4 aromatic rings. The van der Waals surface area contributed by atoms with Gasteiger partial charge < -0.3 is 25.8 Å². The van der Waals surface area contributed by atoms with E-state index in [4.69, 9.17) is 10.5 Å². The normalized spacial score (nSPS) is 11.0. The van der Waals surface area contributed by atoms with Gasteiger partial charge in [0.2, 0.25) is 0 Å². The Morgan fingerprint density at radius 3 is 2.73 bits per heavy atom. The summed E-state index contributed by atoms with van der Waals surface area (Å²) in [5.41, 5.74) is 8.00. The van der Waals surface area contributed by atoms with Crippen LogP contribution in [-0.4, -0.2) is 38.9 Å². The number of carbonyl (C=O) groups excluding carboxylic acids is 2. The van der Waals surface area contributed by atoms with Crippen molar-refractivity contribution in [1.29, 1.82) is 0 Å². The molecule has 0 fully saturated rings. The first kappa shape index (κ1) is 15.6. The van der Waals surface area contributed by atoms with Crippen LogP contribution in [0.2, 0.25) is 0 Å². The number of amides is 1. The number of primary amides is 1. The minimum Gasteiger partial charge on any atom is -0.464 e. The molecule has 26 heavy (non-hydrogen) atoms. The Labute approximate surface area is 146 Å². The number of fused-ring (bicyclic) bond motifs is 2. The van der Waals surface area contributed by atoms with Crippen molar-refractivity contribution in [3.63, 3.8) is 0 Å². The number of nitrogens with two attached hydrogens (primary N) is 1. The number of H-pyrrole nitrogens is 2. The number of benzene rings is 1. The Hall–Kier alpha value is -3.88. The SMILES string of the molecule is COC(=O)c1cc2c(Nc3ccc4[nH]c(C(N)=O)cc4c3)ncnc2[nH]1. The van der Waals surface area contributed by atoms with Crippen LogP contribution in [0.25, 0.3) is 21.9 Å². The molecule has 130 valence electrons. The quantitative estimate of drug-likeness (QED) is 0.416. The van der Waals surface area contributed by atoms with Gasteiger partial charge in [0.05, 0.1) is 12.5 Å². The molecule has 9 heteroatoms. The number of rotatable bonds is 4. The summed E-state index contributed by atoms with van der Waals surface area (Å²) in [6, 6.07) is 8.85. The minimum atomic E-state index is -0.518. The molecule has 0 aliphatic heterocycles. The predicted molar refractivity (Wildman–Crippen MR) is 95.3 cm³/mol. The molecule has 0 aliphatic carbocycles. The molecule has 1 aromatic carbocycles. The van der Waals surface area contributed by atoms with Gasteiger partial charge in [-0.05, 0) is 30.3 Å². The third kappa shape index (κ3) is 2.61. The lowest BCUT2D eigenvalue weighted by molar-refractivity contribution is 0.0595. The number of hydrogen-bond donors (Lipinski definition) is 4. The van der Waals surface area contributed by atoms with Crippen molar-refractivity contribution in [1.82, 2.24) is 19.9 Å². The van der Waals surface area contributed by atoms with Crippen LogP contribution in [0.15, 0.2) is 36.7 Å². The van der Waals surface area contributed by atoms with E-state index >= 15 is 0 Å². The second-order valence-corrected chi connectivity index (χ2v) is 5.63. The van der Waals surface area contributed by atoms with E-state index in [0.717, 1.165) is 16.6 Å². The fourth-order valence-electron chi connectivity index (χ4n) is 2.74. The lowest BCUT2D eigenvalue weighted by atomic mass is 10.2. The van der Waals surface area contributed by atoms with Crippen molar-refractivity contribution in [2.75, 3.05) is 12.4 Å². The van der Waals surface area contributed by atoms with E-state index < -0.39 is 11.9 Å². The number of hydrogen-bond acceptors (Lipinski definition) is 6. The number of ether oxygens (including phenoxy) is 1. The number of carbonyl (C=O) groups is 2. The van der Waals surface area contributed by atoms with Crippen LogP contribution >= 0.6 is 0 Å². The topological polar surface area (TPSA) is 139 Å². The summed E-state index contributed by atoms with van der Waals surface area (Å²) in [4.78, 5) is 37.2. The second kappa shape index (κ2) is 5.88. The van der Waals surface area contributed by atoms with Crippen LogP contribution in [0.5, 0.6) is 0 Å². The summed E-state index contributed by atoms with van der Waals surface area (Å²) in [6.45, 7) is 0. The summed E-state index contributed by atoms with van der Waals surface area (Å²) >= 11 is 0. The maximum atomic E-state index is 11.7. The van der Waals surface area contributed by atoms with Gasteiger partial charge in [-0.2, -0.15) is 0 Å². The van der Waals surface area contributed by atoms with Gasteiger partial charge in [0, 0.05) is 16.6 Å². The maximum Gasteiger partial charge on any atom is 0.354 e. The fourth-order valence-corrected chi connectivity index (χ4v) is 2.74. The van der Waals surface area contributed by atoms with E-state index in [1.54, 1.807) is 12.1 Å². The minimum absolute atomic E-state index is 0.290. The molecule has 0 bridgehead atoms. The fraction of sp³-hybridized carbons (Fsp3) is 0.0588. The van der Waals surface area contributed by atoms with Crippen LogP contribution in [0, 0.1) is 0 Å². The molecule has 0 spiro atoms. The van der Waals surface area contributed by atoms with Crippen LogP contribution in [0.3, 0.4) is 0 Å². The average Bonchev–Trinajstić information content (AvgIpc) is 3.25. The zero-order valence-corrected chi connectivity index (χ0v) is 13.7. The molecule has 0 saturated carbocycles. The molecule has 9 nitrogen and oxygen atoms in total. The van der Waals surface area contributed by atoms with Gasteiger partial charge >= 0.3 is 5.97 Å². The van der Waals surface area contributed by atoms with Gasteiger partial charge in [0.1, 0.15) is 29.2 Å². The lowest BCUT2D eigenvalue weighted by Crippen LogP contribution is -2.10. The number of methoxy groups -OCH3 is 1. The van der Waals surface area contributed by atoms with Gasteiger partial charge in [-0.25, -0.2) is 14.8 Å². The first-order valence-corrected chi connectivity index (χ1v) is 7.67. The molecular weight excluding hydrogens is 336 g/mol. The summed E-state index contributed by atoms with van der Waals surface area (Å²) in [5.74, 6) is -0.469. The Morgan fingerprint density at radius 1 is 1.12 bits per heavy atom. The number of esters is 1. The highest BCUT2D eigenvalue weighted by Crippen LogP contribution is 2.26. The van der Waals surface area contributed by atoms with Crippen LogP contribution < -0.4 is 11.1 Å². The number of aromatic nitrogens is 4. The van der Waals surface area contributed by atoms with Crippen molar-refractivity contribution in [2.24, 2.45) is 5.73 Å². The average molecular weight is 350 g/mol. The zero-order chi connectivity index (χ0) is 18.3. The Morgan fingerprint density at radius 2 is 1.96 bits per heavy atom. The summed E-state index contributed by atoms with van der Waals surface area (Å²) < 4.78 is 4.71. The van der Waals surface area contributed by atoms with Gasteiger partial charge in [-0.3, -0.25) is 4.79 Å². The molecule has 0 radical (unpaired) electrons. The third-order valence-corrected chi connectivity index (χ3v) is 3.98. The molecule has 0 saturated heterocycles. The lowest BCUT2D eigenvalue weighted by Gasteiger charge is -2.06. The Kier molecular flexibility index (Phi) is 3.54. The molecule has 0 atom stereocenters. The highest BCUT2D eigenvalue weighted by atomic mass is 16.5. The van der Waals surface area contributed by atoms with E-state index in [1.807, 2.05) is 18.2 Å². The van der Waals surface area contributed by atoms with E-state index in [-0.39, 0.29) is 0 Å². The standard InChI is InChI=1S/C17H14N6O3/c1-26-17(25)13-6-10-15(19-7-20-16(10)23-13)21-9-2-3-11-8(4-9)5-12(22-11)14(18)24/h2-7,22H,1H3,(H2,18,24)(H2,19,20,21,23). The van der Waals surface area contributed by atoms with Crippen molar-refractivity contribution in [3.8, 4) is 0 Å². The van der Waals surface area contributed by atoms with E-state index in [0.29, 0.717) is 28.2 Å². The highest BCUT2D eigenvalue weighted by molar-refractivity contribution is 5.99. The Bertz CT molecular complexity index is 1160. The number of nitrogens with zero attached hydrogens (tertiary/aromatic N) is 2. The van der Waals surface area contributed by atoms with Crippen molar-refractivity contribution >= 4 is 45.3 Å².